The summed E-state index contributed by atoms with van der Waals surface area (Å²) in [6.07, 6.45) is 0. The molecular formula is C21H17BrFNO2. The van der Waals surface area contributed by atoms with Crippen LogP contribution >= 0.6 is 15.9 Å². The lowest BCUT2D eigenvalue weighted by atomic mass is 10.1. The van der Waals surface area contributed by atoms with E-state index >= 15 is 0 Å². The molecule has 0 aliphatic heterocycles. The summed E-state index contributed by atoms with van der Waals surface area (Å²) >= 11 is 3.43. The lowest BCUT2D eigenvalue weighted by molar-refractivity contribution is 0.102. The first-order valence-electron chi connectivity index (χ1n) is 8.07. The average Bonchev–Trinajstić information content (AvgIpc) is 2.63. The Labute approximate surface area is 159 Å². The molecule has 0 bridgehead atoms. The van der Waals surface area contributed by atoms with Crippen molar-refractivity contribution < 1.29 is 13.9 Å². The number of hydrogen-bond donors (Lipinski definition) is 1. The SMILES string of the molecule is Cc1ccc(F)cc1NC(=O)c1ccccc1OCc1cccc(Br)c1. The molecule has 0 unspecified atom stereocenters. The van der Waals surface area contributed by atoms with E-state index in [9.17, 15) is 9.18 Å². The third kappa shape index (κ3) is 4.49. The molecule has 0 aromatic heterocycles. The zero-order valence-electron chi connectivity index (χ0n) is 14.1. The lowest BCUT2D eigenvalue weighted by Gasteiger charge is -2.13. The van der Waals surface area contributed by atoms with Crippen LogP contribution in [0.1, 0.15) is 21.5 Å². The van der Waals surface area contributed by atoms with Crippen molar-refractivity contribution in [3.8, 4) is 5.75 Å². The third-order valence-corrected chi connectivity index (χ3v) is 4.36. The van der Waals surface area contributed by atoms with Gasteiger partial charge in [0.25, 0.3) is 5.91 Å². The number of nitrogens with one attached hydrogen (secondary N) is 1. The van der Waals surface area contributed by atoms with E-state index in [2.05, 4.69) is 21.2 Å². The van der Waals surface area contributed by atoms with Crippen LogP contribution in [-0.2, 0) is 6.61 Å². The summed E-state index contributed by atoms with van der Waals surface area (Å²) in [7, 11) is 0. The van der Waals surface area contributed by atoms with Gasteiger partial charge in [0.05, 0.1) is 5.56 Å². The second kappa shape index (κ2) is 8.15. The largest absolute Gasteiger partial charge is 0.488 e. The molecule has 0 heterocycles. The molecule has 0 radical (unpaired) electrons. The van der Waals surface area contributed by atoms with Crippen LogP contribution in [0.4, 0.5) is 10.1 Å². The molecule has 0 aliphatic carbocycles. The Hall–Kier alpha value is -2.66. The number of amides is 1. The second-order valence-electron chi connectivity index (χ2n) is 5.83. The molecule has 3 nitrogen and oxygen atoms in total. The number of para-hydroxylation sites is 1. The van der Waals surface area contributed by atoms with Crippen molar-refractivity contribution in [1.29, 1.82) is 0 Å². The summed E-state index contributed by atoms with van der Waals surface area (Å²) in [5.41, 5.74) is 2.60. The van der Waals surface area contributed by atoms with Gasteiger partial charge >= 0.3 is 0 Å². The molecule has 0 fully saturated rings. The quantitative estimate of drug-likeness (QED) is 0.579. The number of benzene rings is 3. The van der Waals surface area contributed by atoms with E-state index in [0.29, 0.717) is 23.6 Å². The second-order valence-corrected chi connectivity index (χ2v) is 6.74. The first kappa shape index (κ1) is 18.1. The fraction of sp³-hybridized carbons (Fsp3) is 0.0952. The van der Waals surface area contributed by atoms with E-state index in [1.165, 1.54) is 12.1 Å². The van der Waals surface area contributed by atoms with Crippen LogP contribution in [0.3, 0.4) is 0 Å². The fourth-order valence-corrected chi connectivity index (χ4v) is 2.93. The molecule has 26 heavy (non-hydrogen) atoms. The van der Waals surface area contributed by atoms with Crippen molar-refractivity contribution in [3.05, 3.63) is 93.7 Å². The highest BCUT2D eigenvalue weighted by atomic mass is 79.9. The van der Waals surface area contributed by atoms with Crippen molar-refractivity contribution in [2.45, 2.75) is 13.5 Å². The Bertz CT molecular complexity index is 943. The van der Waals surface area contributed by atoms with Gasteiger partial charge in [-0.1, -0.05) is 46.3 Å². The van der Waals surface area contributed by atoms with Crippen LogP contribution in [0.15, 0.2) is 71.2 Å². The third-order valence-electron chi connectivity index (χ3n) is 3.86. The van der Waals surface area contributed by atoms with E-state index in [1.54, 1.807) is 30.3 Å². The highest BCUT2D eigenvalue weighted by Crippen LogP contribution is 2.23. The number of aryl methyl sites for hydroxylation is 1. The predicted octanol–water partition coefficient (Wildman–Crippen LogP) is 5.73. The number of anilines is 1. The summed E-state index contributed by atoms with van der Waals surface area (Å²) in [5, 5.41) is 2.75. The van der Waals surface area contributed by atoms with Crippen LogP contribution in [0.2, 0.25) is 0 Å². The van der Waals surface area contributed by atoms with Gasteiger partial charge in [-0.05, 0) is 54.4 Å². The van der Waals surface area contributed by atoms with Crippen molar-refractivity contribution in [3.63, 3.8) is 0 Å². The topological polar surface area (TPSA) is 38.3 Å². The molecule has 3 aromatic carbocycles. The number of hydrogen-bond acceptors (Lipinski definition) is 2. The highest BCUT2D eigenvalue weighted by Gasteiger charge is 2.14. The molecular weight excluding hydrogens is 397 g/mol. The summed E-state index contributed by atoms with van der Waals surface area (Å²) in [6.45, 7) is 2.15. The maximum atomic E-state index is 13.4. The van der Waals surface area contributed by atoms with Gasteiger partial charge < -0.3 is 10.1 Å². The zero-order valence-corrected chi connectivity index (χ0v) is 15.7. The van der Waals surface area contributed by atoms with Gasteiger partial charge in [-0.3, -0.25) is 4.79 Å². The Morgan fingerprint density at radius 1 is 1.08 bits per heavy atom. The molecule has 0 saturated heterocycles. The van der Waals surface area contributed by atoms with Crippen LogP contribution < -0.4 is 10.1 Å². The molecule has 0 saturated carbocycles. The van der Waals surface area contributed by atoms with Crippen LogP contribution in [-0.4, -0.2) is 5.91 Å². The minimum atomic E-state index is -0.398. The van der Waals surface area contributed by atoms with Crippen molar-refractivity contribution in [2.24, 2.45) is 0 Å². The Balaban J connectivity index is 1.77. The molecule has 1 N–H and O–H groups in total. The van der Waals surface area contributed by atoms with E-state index in [1.807, 2.05) is 31.2 Å². The zero-order chi connectivity index (χ0) is 18.5. The number of carbonyl (C=O) groups is 1. The summed E-state index contributed by atoms with van der Waals surface area (Å²) in [5.74, 6) is -0.271. The number of carbonyl (C=O) groups excluding carboxylic acids is 1. The molecule has 5 heteroatoms. The minimum absolute atomic E-state index is 0.336. The van der Waals surface area contributed by atoms with Gasteiger partial charge in [0.15, 0.2) is 0 Å². The van der Waals surface area contributed by atoms with Crippen LogP contribution in [0.25, 0.3) is 0 Å². The Kier molecular flexibility index (Phi) is 5.68. The summed E-state index contributed by atoms with van der Waals surface area (Å²) in [4.78, 5) is 12.6. The molecule has 132 valence electrons. The van der Waals surface area contributed by atoms with E-state index < -0.39 is 5.82 Å². The van der Waals surface area contributed by atoms with Crippen molar-refractivity contribution in [1.82, 2.24) is 0 Å². The lowest BCUT2D eigenvalue weighted by Crippen LogP contribution is -2.14. The molecule has 0 spiro atoms. The fourth-order valence-electron chi connectivity index (χ4n) is 2.49. The van der Waals surface area contributed by atoms with Crippen molar-refractivity contribution in [2.75, 3.05) is 5.32 Å². The number of rotatable bonds is 5. The minimum Gasteiger partial charge on any atom is -0.488 e. The first-order valence-corrected chi connectivity index (χ1v) is 8.86. The van der Waals surface area contributed by atoms with Gasteiger partial charge in [0, 0.05) is 10.2 Å². The van der Waals surface area contributed by atoms with E-state index in [0.717, 1.165) is 15.6 Å². The maximum Gasteiger partial charge on any atom is 0.259 e. The molecule has 1 amide bonds. The monoisotopic (exact) mass is 413 g/mol. The Morgan fingerprint density at radius 3 is 2.69 bits per heavy atom. The number of ether oxygens (including phenoxy) is 1. The Morgan fingerprint density at radius 2 is 1.88 bits per heavy atom. The standard InChI is InChI=1S/C21H17BrFNO2/c1-14-9-10-17(23)12-19(14)24-21(25)18-7-2-3-8-20(18)26-13-15-5-4-6-16(22)11-15/h2-12H,13H2,1H3,(H,24,25). The molecule has 3 aromatic rings. The van der Waals surface area contributed by atoms with Crippen molar-refractivity contribution >= 4 is 27.5 Å². The molecule has 0 atom stereocenters. The maximum absolute atomic E-state index is 13.4. The van der Waals surface area contributed by atoms with E-state index in [-0.39, 0.29) is 5.91 Å². The van der Waals surface area contributed by atoms with Gasteiger partial charge in [0.1, 0.15) is 18.2 Å². The van der Waals surface area contributed by atoms with Crippen LogP contribution in [0, 0.1) is 12.7 Å². The normalized spacial score (nSPS) is 10.4. The van der Waals surface area contributed by atoms with Gasteiger partial charge in [0.2, 0.25) is 0 Å². The van der Waals surface area contributed by atoms with Crippen LogP contribution in [0.5, 0.6) is 5.75 Å². The van der Waals surface area contributed by atoms with Gasteiger partial charge in [-0.15, -0.1) is 0 Å². The summed E-state index contributed by atoms with van der Waals surface area (Å²) in [6, 6.07) is 19.0. The molecule has 3 rings (SSSR count). The molecule has 0 aliphatic rings. The predicted molar refractivity (Wildman–Crippen MR) is 104 cm³/mol. The average molecular weight is 414 g/mol. The summed E-state index contributed by atoms with van der Waals surface area (Å²) < 4.78 is 20.2. The smallest absolute Gasteiger partial charge is 0.259 e. The number of halogens is 2. The first-order chi connectivity index (χ1) is 12.5. The van der Waals surface area contributed by atoms with E-state index in [4.69, 9.17) is 4.74 Å². The van der Waals surface area contributed by atoms with Gasteiger partial charge in [-0.25, -0.2) is 4.39 Å². The highest BCUT2D eigenvalue weighted by molar-refractivity contribution is 9.10. The van der Waals surface area contributed by atoms with Gasteiger partial charge in [-0.2, -0.15) is 0 Å².